The second kappa shape index (κ2) is 3.86. The summed E-state index contributed by atoms with van der Waals surface area (Å²) in [6.45, 7) is 0. The summed E-state index contributed by atoms with van der Waals surface area (Å²) in [5.41, 5.74) is 0.480. The molecule has 0 aliphatic carbocycles. The van der Waals surface area contributed by atoms with Crippen LogP contribution >= 0.6 is 22.7 Å². The predicted octanol–water partition coefficient (Wildman–Crippen LogP) is 3.10. The monoisotopic (exact) mass is 222 g/mol. The Bertz CT molecular complexity index is 429. The predicted molar refractivity (Wildman–Crippen MR) is 58.4 cm³/mol. The van der Waals surface area contributed by atoms with E-state index in [1.807, 2.05) is 17.5 Å². The van der Waals surface area contributed by atoms with Crippen LogP contribution in [0.1, 0.15) is 20.0 Å². The lowest BCUT2D eigenvalue weighted by Crippen LogP contribution is -1.79. The first kappa shape index (κ1) is 9.30. The van der Waals surface area contributed by atoms with Crippen LogP contribution in [0.3, 0.4) is 0 Å². The molecule has 2 nitrogen and oxygen atoms in total. The Balaban J connectivity index is 2.51. The first-order valence-electron chi connectivity index (χ1n) is 3.93. The lowest BCUT2D eigenvalue weighted by Gasteiger charge is -1.85. The Morgan fingerprint density at radius 1 is 1.14 bits per heavy atom. The van der Waals surface area contributed by atoms with Crippen LogP contribution in [0.4, 0.5) is 0 Å². The van der Waals surface area contributed by atoms with E-state index in [1.165, 1.54) is 11.3 Å². The molecule has 2 aromatic heterocycles. The van der Waals surface area contributed by atoms with Crippen LogP contribution in [-0.4, -0.2) is 12.6 Å². The van der Waals surface area contributed by atoms with Gasteiger partial charge in [-0.2, -0.15) is 0 Å². The zero-order valence-corrected chi connectivity index (χ0v) is 8.73. The maximum absolute atomic E-state index is 10.6. The zero-order valence-electron chi connectivity index (χ0n) is 7.10. The van der Waals surface area contributed by atoms with Gasteiger partial charge in [-0.15, -0.1) is 22.7 Å². The molecule has 2 heterocycles. The number of carbonyl (C=O) groups is 2. The maximum Gasteiger partial charge on any atom is 0.160 e. The molecule has 14 heavy (non-hydrogen) atoms. The van der Waals surface area contributed by atoms with Crippen molar-refractivity contribution in [1.82, 2.24) is 0 Å². The molecule has 70 valence electrons. The molecule has 2 rings (SSSR count). The molecule has 0 saturated heterocycles. The van der Waals surface area contributed by atoms with E-state index in [4.69, 9.17) is 0 Å². The summed E-state index contributed by atoms with van der Waals surface area (Å²) in [6.07, 6.45) is 1.45. The third-order valence-electron chi connectivity index (χ3n) is 1.79. The fourth-order valence-corrected chi connectivity index (χ4v) is 2.91. The molecule has 0 aliphatic heterocycles. The van der Waals surface area contributed by atoms with Crippen molar-refractivity contribution < 1.29 is 9.59 Å². The Labute approximate surface area is 88.8 Å². The fraction of sp³-hybridized carbons (Fsp3) is 0. The molecule has 0 amide bonds. The van der Waals surface area contributed by atoms with Gasteiger partial charge in [0, 0.05) is 15.3 Å². The molecule has 4 heteroatoms. The number of hydrogen-bond donors (Lipinski definition) is 0. The summed E-state index contributed by atoms with van der Waals surface area (Å²) in [7, 11) is 0. The first-order chi connectivity index (χ1) is 6.85. The molecule has 0 spiro atoms. The standard InChI is InChI=1S/C10H6O2S2/c11-5-7-4-9(14-10(7)6-12)8-2-1-3-13-8/h1-6H. The van der Waals surface area contributed by atoms with Crippen molar-refractivity contribution in [3.63, 3.8) is 0 Å². The number of aldehydes is 2. The van der Waals surface area contributed by atoms with Crippen molar-refractivity contribution in [2.45, 2.75) is 0 Å². The average Bonchev–Trinajstić information content (AvgIpc) is 2.85. The van der Waals surface area contributed by atoms with E-state index in [1.54, 1.807) is 17.4 Å². The van der Waals surface area contributed by atoms with Gasteiger partial charge in [-0.1, -0.05) is 6.07 Å². The second-order valence-corrected chi connectivity index (χ2v) is 4.67. The molecule has 0 aliphatic rings. The lowest BCUT2D eigenvalue weighted by molar-refractivity contribution is 0.109. The molecule has 0 bridgehead atoms. The molecule has 0 radical (unpaired) electrons. The second-order valence-electron chi connectivity index (χ2n) is 2.64. The molecule has 0 unspecified atom stereocenters. The van der Waals surface area contributed by atoms with Gasteiger partial charge < -0.3 is 0 Å². The van der Waals surface area contributed by atoms with Gasteiger partial charge in [0.25, 0.3) is 0 Å². The summed E-state index contributed by atoms with van der Waals surface area (Å²) < 4.78 is 0. The minimum absolute atomic E-state index is 0.480. The Morgan fingerprint density at radius 3 is 2.50 bits per heavy atom. The van der Waals surface area contributed by atoms with E-state index in [2.05, 4.69) is 0 Å². The Kier molecular flexibility index (Phi) is 2.56. The quantitative estimate of drug-likeness (QED) is 0.748. The average molecular weight is 222 g/mol. The van der Waals surface area contributed by atoms with E-state index >= 15 is 0 Å². The van der Waals surface area contributed by atoms with Crippen LogP contribution in [0.2, 0.25) is 0 Å². The van der Waals surface area contributed by atoms with Crippen molar-refractivity contribution in [1.29, 1.82) is 0 Å². The minimum Gasteiger partial charge on any atom is -0.298 e. The molecule has 0 atom stereocenters. The van der Waals surface area contributed by atoms with Crippen molar-refractivity contribution in [3.05, 3.63) is 34.0 Å². The molecule has 0 N–H and O–H groups in total. The van der Waals surface area contributed by atoms with Crippen molar-refractivity contribution >= 4 is 35.2 Å². The van der Waals surface area contributed by atoms with Gasteiger partial charge in [0.15, 0.2) is 12.6 Å². The van der Waals surface area contributed by atoms with Crippen LogP contribution in [0.25, 0.3) is 9.75 Å². The third kappa shape index (κ3) is 1.54. The highest BCUT2D eigenvalue weighted by molar-refractivity contribution is 7.22. The highest BCUT2D eigenvalue weighted by Crippen LogP contribution is 2.32. The highest BCUT2D eigenvalue weighted by atomic mass is 32.1. The van der Waals surface area contributed by atoms with Gasteiger partial charge in [-0.25, -0.2) is 0 Å². The SMILES string of the molecule is O=Cc1cc(-c2cccs2)sc1C=O. The molecule has 0 saturated carbocycles. The van der Waals surface area contributed by atoms with Gasteiger partial charge in [-0.3, -0.25) is 9.59 Å². The van der Waals surface area contributed by atoms with E-state index in [0.29, 0.717) is 10.4 Å². The molecular weight excluding hydrogens is 216 g/mol. The number of rotatable bonds is 3. The number of carbonyl (C=O) groups excluding carboxylic acids is 2. The van der Waals surface area contributed by atoms with E-state index in [9.17, 15) is 9.59 Å². The largest absolute Gasteiger partial charge is 0.298 e. The topological polar surface area (TPSA) is 34.1 Å². The summed E-state index contributed by atoms with van der Waals surface area (Å²) in [4.78, 5) is 23.8. The van der Waals surface area contributed by atoms with E-state index in [-0.39, 0.29) is 0 Å². The van der Waals surface area contributed by atoms with Gasteiger partial charge in [0.2, 0.25) is 0 Å². The van der Waals surface area contributed by atoms with E-state index in [0.717, 1.165) is 22.3 Å². The summed E-state index contributed by atoms with van der Waals surface area (Å²) in [5, 5.41) is 1.97. The van der Waals surface area contributed by atoms with Gasteiger partial charge >= 0.3 is 0 Å². The van der Waals surface area contributed by atoms with Gasteiger partial charge in [-0.05, 0) is 17.5 Å². The minimum atomic E-state index is 0.480. The van der Waals surface area contributed by atoms with Crippen LogP contribution in [-0.2, 0) is 0 Å². The Morgan fingerprint density at radius 2 is 2.00 bits per heavy atom. The van der Waals surface area contributed by atoms with Crippen LogP contribution in [0, 0.1) is 0 Å². The first-order valence-corrected chi connectivity index (χ1v) is 5.63. The summed E-state index contributed by atoms with van der Waals surface area (Å²) in [5.74, 6) is 0. The van der Waals surface area contributed by atoms with Crippen LogP contribution in [0.5, 0.6) is 0 Å². The van der Waals surface area contributed by atoms with Crippen molar-refractivity contribution in [2.24, 2.45) is 0 Å². The fourth-order valence-electron chi connectivity index (χ4n) is 1.14. The maximum atomic E-state index is 10.6. The van der Waals surface area contributed by atoms with Crippen LogP contribution < -0.4 is 0 Å². The molecule has 2 aromatic rings. The van der Waals surface area contributed by atoms with Crippen molar-refractivity contribution in [2.75, 3.05) is 0 Å². The number of thiophene rings is 2. The van der Waals surface area contributed by atoms with Crippen LogP contribution in [0.15, 0.2) is 23.6 Å². The van der Waals surface area contributed by atoms with E-state index < -0.39 is 0 Å². The van der Waals surface area contributed by atoms with Gasteiger partial charge in [0.1, 0.15) is 0 Å². The lowest BCUT2D eigenvalue weighted by atomic mass is 10.2. The molecule has 0 aromatic carbocycles. The third-order valence-corrected chi connectivity index (χ3v) is 3.93. The molecule has 0 fully saturated rings. The zero-order chi connectivity index (χ0) is 9.97. The Hall–Kier alpha value is -1.26. The summed E-state index contributed by atoms with van der Waals surface area (Å²) >= 11 is 2.95. The molecular formula is C10H6O2S2. The van der Waals surface area contributed by atoms with Crippen molar-refractivity contribution in [3.8, 4) is 9.75 Å². The smallest absolute Gasteiger partial charge is 0.160 e. The number of hydrogen-bond acceptors (Lipinski definition) is 4. The normalized spacial score (nSPS) is 10.0. The summed E-state index contributed by atoms with van der Waals surface area (Å²) in [6, 6.07) is 5.67. The highest BCUT2D eigenvalue weighted by Gasteiger charge is 2.09. The van der Waals surface area contributed by atoms with Gasteiger partial charge in [0.05, 0.1) is 4.88 Å².